The number of nitrogens with zero attached hydrogens (tertiary/aromatic N) is 1. The van der Waals surface area contributed by atoms with Crippen molar-refractivity contribution in [1.29, 1.82) is 0 Å². The van der Waals surface area contributed by atoms with E-state index in [1.165, 1.54) is 11.5 Å². The third-order valence-electron chi connectivity index (χ3n) is 3.22. The third-order valence-corrected chi connectivity index (χ3v) is 3.47. The molecule has 5 heteroatoms. The highest BCUT2D eigenvalue weighted by Gasteiger charge is 2.21. The van der Waals surface area contributed by atoms with Crippen LogP contribution >= 0.6 is 11.6 Å². The average Bonchev–Trinajstić information content (AvgIpc) is 2.77. The molecular formula is C16H16ClNO3. The Labute approximate surface area is 128 Å². The van der Waals surface area contributed by atoms with Crippen molar-refractivity contribution >= 4 is 23.5 Å². The van der Waals surface area contributed by atoms with Gasteiger partial charge in [0.2, 0.25) is 0 Å². The summed E-state index contributed by atoms with van der Waals surface area (Å²) in [7, 11) is 0. The van der Waals surface area contributed by atoms with Gasteiger partial charge in [0, 0.05) is 28.0 Å². The van der Waals surface area contributed by atoms with Crippen molar-refractivity contribution in [3.8, 4) is 11.1 Å². The Morgan fingerprint density at radius 2 is 1.86 bits per heavy atom. The van der Waals surface area contributed by atoms with Crippen LogP contribution in [0.5, 0.6) is 0 Å². The Morgan fingerprint density at radius 1 is 1.24 bits per heavy atom. The zero-order chi connectivity index (χ0) is 15.6. The molecule has 0 aliphatic rings. The fourth-order valence-electron chi connectivity index (χ4n) is 2.28. The molecule has 1 aromatic heterocycles. The molecule has 0 saturated carbocycles. The number of benzene rings is 1. The third kappa shape index (κ3) is 3.00. The average molecular weight is 306 g/mol. The van der Waals surface area contributed by atoms with Gasteiger partial charge in [0.25, 0.3) is 0 Å². The summed E-state index contributed by atoms with van der Waals surface area (Å²) in [4.78, 5) is 23.9. The van der Waals surface area contributed by atoms with Crippen LogP contribution in [0.15, 0.2) is 30.5 Å². The summed E-state index contributed by atoms with van der Waals surface area (Å²) >= 11 is 5.88. The molecular weight excluding hydrogens is 290 g/mol. The Kier molecular flexibility index (Phi) is 4.48. The molecule has 0 bridgehead atoms. The standard InChI is InChI=1S/C16H16ClNO3/c1-4-21-16(20)18-9-14(15(10(18)2)11(3)19)12-5-7-13(17)8-6-12/h5-9H,4H2,1-3H3. The van der Waals surface area contributed by atoms with Gasteiger partial charge in [-0.25, -0.2) is 4.79 Å². The summed E-state index contributed by atoms with van der Waals surface area (Å²) in [6.07, 6.45) is 1.14. The molecule has 0 radical (unpaired) electrons. The molecule has 1 heterocycles. The molecule has 4 nitrogen and oxygen atoms in total. The summed E-state index contributed by atoms with van der Waals surface area (Å²) < 4.78 is 6.37. The molecule has 2 rings (SSSR count). The minimum atomic E-state index is -0.488. The van der Waals surface area contributed by atoms with Crippen LogP contribution in [-0.4, -0.2) is 23.1 Å². The van der Waals surface area contributed by atoms with Crippen LogP contribution in [0.4, 0.5) is 4.79 Å². The van der Waals surface area contributed by atoms with E-state index >= 15 is 0 Å². The summed E-state index contributed by atoms with van der Waals surface area (Å²) in [5, 5.41) is 0.615. The monoisotopic (exact) mass is 305 g/mol. The maximum absolute atomic E-state index is 11.9. The Bertz CT molecular complexity index is 686. The van der Waals surface area contributed by atoms with E-state index in [4.69, 9.17) is 16.3 Å². The van der Waals surface area contributed by atoms with Gasteiger partial charge in [-0.3, -0.25) is 9.36 Å². The smallest absolute Gasteiger partial charge is 0.418 e. The first-order valence-corrected chi connectivity index (χ1v) is 6.99. The molecule has 0 spiro atoms. The first-order chi connectivity index (χ1) is 9.95. The van der Waals surface area contributed by atoms with E-state index in [1.54, 1.807) is 32.2 Å². The van der Waals surface area contributed by atoms with Gasteiger partial charge in [-0.1, -0.05) is 23.7 Å². The van der Waals surface area contributed by atoms with Gasteiger partial charge < -0.3 is 4.74 Å². The second-order valence-electron chi connectivity index (χ2n) is 4.64. The fraction of sp³-hybridized carbons (Fsp3) is 0.250. The number of hydrogen-bond acceptors (Lipinski definition) is 3. The molecule has 0 fully saturated rings. The number of halogens is 1. The second-order valence-corrected chi connectivity index (χ2v) is 5.07. The Balaban J connectivity index is 2.59. The topological polar surface area (TPSA) is 48.3 Å². The van der Waals surface area contributed by atoms with Crippen LogP contribution in [0.2, 0.25) is 5.02 Å². The van der Waals surface area contributed by atoms with Gasteiger partial charge in [0.05, 0.1) is 6.61 Å². The largest absolute Gasteiger partial charge is 0.449 e. The highest BCUT2D eigenvalue weighted by Crippen LogP contribution is 2.29. The van der Waals surface area contributed by atoms with Crippen LogP contribution in [0, 0.1) is 6.92 Å². The van der Waals surface area contributed by atoms with Crippen molar-refractivity contribution in [2.75, 3.05) is 6.61 Å². The number of aromatic nitrogens is 1. The van der Waals surface area contributed by atoms with Gasteiger partial charge in [-0.15, -0.1) is 0 Å². The molecule has 0 saturated heterocycles. The Morgan fingerprint density at radius 3 is 2.38 bits per heavy atom. The SMILES string of the molecule is CCOC(=O)n1cc(-c2ccc(Cl)cc2)c(C(C)=O)c1C. The van der Waals surface area contributed by atoms with Gasteiger partial charge >= 0.3 is 6.09 Å². The van der Waals surface area contributed by atoms with Crippen LogP contribution in [0.25, 0.3) is 11.1 Å². The van der Waals surface area contributed by atoms with Crippen LogP contribution in [-0.2, 0) is 4.74 Å². The summed E-state index contributed by atoms with van der Waals surface area (Å²) in [5.74, 6) is -0.0968. The molecule has 0 aliphatic heterocycles. The highest BCUT2D eigenvalue weighted by molar-refractivity contribution is 6.30. The lowest BCUT2D eigenvalue weighted by Gasteiger charge is -2.04. The van der Waals surface area contributed by atoms with E-state index in [0.29, 0.717) is 21.8 Å². The van der Waals surface area contributed by atoms with Crippen molar-refractivity contribution in [2.45, 2.75) is 20.8 Å². The molecule has 0 aliphatic carbocycles. The van der Waals surface area contributed by atoms with Gasteiger partial charge in [-0.2, -0.15) is 0 Å². The lowest BCUT2D eigenvalue weighted by Crippen LogP contribution is -2.14. The number of carbonyl (C=O) groups is 2. The maximum atomic E-state index is 11.9. The molecule has 0 atom stereocenters. The normalized spacial score (nSPS) is 10.5. The minimum Gasteiger partial charge on any atom is -0.449 e. The molecule has 21 heavy (non-hydrogen) atoms. The van der Waals surface area contributed by atoms with Crippen LogP contribution < -0.4 is 0 Å². The van der Waals surface area contributed by atoms with E-state index in [-0.39, 0.29) is 12.4 Å². The summed E-state index contributed by atoms with van der Waals surface area (Å²) in [6.45, 7) is 5.23. The zero-order valence-corrected chi connectivity index (χ0v) is 12.9. The maximum Gasteiger partial charge on any atom is 0.418 e. The summed E-state index contributed by atoms with van der Waals surface area (Å²) in [5.41, 5.74) is 2.62. The quantitative estimate of drug-likeness (QED) is 0.793. The second kappa shape index (κ2) is 6.14. The van der Waals surface area contributed by atoms with Gasteiger partial charge in [-0.05, 0) is 38.5 Å². The molecule has 110 valence electrons. The predicted molar refractivity (Wildman–Crippen MR) is 82.0 cm³/mol. The molecule has 0 unspecified atom stereocenters. The van der Waals surface area contributed by atoms with Crippen LogP contribution in [0.1, 0.15) is 29.9 Å². The molecule has 1 aromatic carbocycles. The van der Waals surface area contributed by atoms with E-state index in [2.05, 4.69) is 0 Å². The number of carbonyl (C=O) groups excluding carboxylic acids is 2. The number of Topliss-reactive ketones (excluding diaryl/α,β-unsaturated/α-hetero) is 1. The predicted octanol–water partition coefficient (Wildman–Crippen LogP) is 4.32. The van der Waals surface area contributed by atoms with Gasteiger partial charge in [0.1, 0.15) is 0 Å². The van der Waals surface area contributed by atoms with E-state index < -0.39 is 6.09 Å². The molecule has 2 aromatic rings. The van der Waals surface area contributed by atoms with Crippen molar-refractivity contribution in [2.24, 2.45) is 0 Å². The summed E-state index contributed by atoms with van der Waals surface area (Å²) in [6, 6.07) is 7.13. The first kappa shape index (κ1) is 15.3. The minimum absolute atomic E-state index is 0.0968. The van der Waals surface area contributed by atoms with Crippen molar-refractivity contribution in [3.05, 3.63) is 46.7 Å². The highest BCUT2D eigenvalue weighted by atomic mass is 35.5. The van der Waals surface area contributed by atoms with Crippen LogP contribution in [0.3, 0.4) is 0 Å². The zero-order valence-electron chi connectivity index (χ0n) is 12.1. The number of ether oxygens (including phenoxy) is 1. The van der Waals surface area contributed by atoms with E-state index in [1.807, 2.05) is 12.1 Å². The van der Waals surface area contributed by atoms with Crippen molar-refractivity contribution < 1.29 is 14.3 Å². The first-order valence-electron chi connectivity index (χ1n) is 6.61. The molecule has 0 N–H and O–H groups in total. The van der Waals surface area contributed by atoms with Gasteiger partial charge in [0.15, 0.2) is 5.78 Å². The number of rotatable bonds is 3. The van der Waals surface area contributed by atoms with E-state index in [0.717, 1.165) is 5.56 Å². The lowest BCUT2D eigenvalue weighted by molar-refractivity contribution is 0.101. The fourth-order valence-corrected chi connectivity index (χ4v) is 2.41. The molecule has 0 amide bonds. The Hall–Kier alpha value is -2.07. The lowest BCUT2D eigenvalue weighted by atomic mass is 10.0. The van der Waals surface area contributed by atoms with E-state index in [9.17, 15) is 9.59 Å². The van der Waals surface area contributed by atoms with Crippen molar-refractivity contribution in [1.82, 2.24) is 4.57 Å². The number of ketones is 1. The number of hydrogen-bond donors (Lipinski definition) is 0. The van der Waals surface area contributed by atoms with Crippen molar-refractivity contribution in [3.63, 3.8) is 0 Å².